The molecular weight excluding hydrogens is 386 g/mol. The number of amides is 1. The average molecular weight is 422 g/mol. The highest BCUT2D eigenvalue weighted by atomic mass is 16.1. The summed E-state index contributed by atoms with van der Waals surface area (Å²) >= 11 is 0. The average Bonchev–Trinajstić information content (AvgIpc) is 2.75. The Morgan fingerprint density at radius 3 is 2.58 bits per heavy atom. The first-order chi connectivity index (χ1) is 14.9. The number of hydrogen-bond acceptors (Lipinski definition) is 3. The maximum atomic E-state index is 12.1. The lowest BCUT2D eigenvalue weighted by Crippen LogP contribution is -2.46. The Morgan fingerprint density at radius 2 is 1.84 bits per heavy atom. The molecule has 166 valence electrons. The lowest BCUT2D eigenvalue weighted by atomic mass is 9.90. The summed E-state index contributed by atoms with van der Waals surface area (Å²) in [5.41, 5.74) is 3.17. The molecule has 0 aromatic heterocycles. The van der Waals surface area contributed by atoms with E-state index in [0.717, 1.165) is 18.2 Å². The van der Waals surface area contributed by atoms with Gasteiger partial charge in [-0.1, -0.05) is 48.5 Å². The lowest BCUT2D eigenvalue weighted by molar-refractivity contribution is -0.116. The van der Waals surface area contributed by atoms with Crippen LogP contribution < -0.4 is 21.3 Å². The van der Waals surface area contributed by atoms with E-state index in [1.165, 1.54) is 11.1 Å². The summed E-state index contributed by atoms with van der Waals surface area (Å²) in [4.78, 5) is 16.9. The molecule has 0 spiro atoms. The van der Waals surface area contributed by atoms with Crippen molar-refractivity contribution in [3.63, 3.8) is 0 Å². The van der Waals surface area contributed by atoms with Crippen molar-refractivity contribution in [3.8, 4) is 0 Å². The number of hydrogen-bond donors (Lipinski definition) is 4. The van der Waals surface area contributed by atoms with E-state index in [0.29, 0.717) is 19.5 Å². The van der Waals surface area contributed by atoms with E-state index in [1.807, 2.05) is 24.3 Å². The maximum absolute atomic E-state index is 12.1. The summed E-state index contributed by atoms with van der Waals surface area (Å²) in [5, 5.41) is 13.4. The van der Waals surface area contributed by atoms with E-state index in [-0.39, 0.29) is 23.4 Å². The van der Waals surface area contributed by atoms with Gasteiger partial charge in [0.15, 0.2) is 5.96 Å². The van der Waals surface area contributed by atoms with E-state index in [2.05, 4.69) is 79.3 Å². The van der Waals surface area contributed by atoms with Crippen LogP contribution >= 0.6 is 0 Å². The van der Waals surface area contributed by atoms with Crippen LogP contribution in [-0.4, -0.2) is 37.0 Å². The molecule has 1 aliphatic rings. The molecule has 2 atom stereocenters. The maximum Gasteiger partial charge on any atom is 0.225 e. The molecule has 6 nitrogen and oxygen atoms in total. The topological polar surface area (TPSA) is 77.6 Å². The van der Waals surface area contributed by atoms with Crippen molar-refractivity contribution in [3.05, 3.63) is 65.7 Å². The van der Waals surface area contributed by atoms with Crippen LogP contribution in [0.3, 0.4) is 0 Å². The number of benzene rings is 2. The molecule has 1 amide bonds. The third-order valence-electron chi connectivity index (χ3n) is 5.51. The van der Waals surface area contributed by atoms with Crippen LogP contribution in [0.25, 0.3) is 0 Å². The van der Waals surface area contributed by atoms with E-state index in [9.17, 15) is 4.79 Å². The number of guanidine groups is 1. The van der Waals surface area contributed by atoms with Crippen LogP contribution in [0.5, 0.6) is 0 Å². The monoisotopic (exact) mass is 421 g/mol. The highest BCUT2D eigenvalue weighted by Gasteiger charge is 2.25. The van der Waals surface area contributed by atoms with E-state index >= 15 is 0 Å². The third kappa shape index (κ3) is 6.56. The summed E-state index contributed by atoms with van der Waals surface area (Å²) < 4.78 is 0. The summed E-state index contributed by atoms with van der Waals surface area (Å²) in [7, 11) is 0. The molecule has 6 heteroatoms. The minimum absolute atomic E-state index is 0.0627. The van der Waals surface area contributed by atoms with E-state index in [1.54, 1.807) is 0 Å². The number of anilines is 1. The predicted octanol–water partition coefficient (Wildman–Crippen LogP) is 3.80. The first-order valence-electron chi connectivity index (χ1n) is 11.1. The van der Waals surface area contributed by atoms with Gasteiger partial charge in [0.2, 0.25) is 5.91 Å². The molecular formula is C25H35N5O. The molecule has 0 radical (unpaired) electrons. The highest BCUT2D eigenvalue weighted by molar-refractivity contribution is 5.94. The first kappa shape index (κ1) is 22.8. The Labute approximate surface area is 185 Å². The zero-order valence-corrected chi connectivity index (χ0v) is 19.0. The Bertz CT molecular complexity index is 894. The van der Waals surface area contributed by atoms with E-state index in [4.69, 9.17) is 4.99 Å². The number of nitrogens with one attached hydrogen (secondary N) is 4. The van der Waals surface area contributed by atoms with Crippen molar-refractivity contribution in [2.75, 3.05) is 25.0 Å². The lowest BCUT2D eigenvalue weighted by Gasteiger charge is -2.30. The fourth-order valence-electron chi connectivity index (χ4n) is 3.98. The SMILES string of the molecule is CCNC(=NCC(C)(C)NC(C)c1ccccc1)NCC1CC(=O)Nc2ccccc21. The number of carbonyl (C=O) groups excluding carboxylic acids is 1. The second kappa shape index (κ2) is 10.4. The van der Waals surface area contributed by atoms with Gasteiger partial charge in [-0.05, 0) is 44.9 Å². The van der Waals surface area contributed by atoms with Crippen molar-refractivity contribution in [1.82, 2.24) is 16.0 Å². The molecule has 2 aromatic rings. The summed E-state index contributed by atoms with van der Waals surface area (Å²) in [5.74, 6) is 0.957. The van der Waals surface area contributed by atoms with Crippen molar-refractivity contribution in [2.45, 2.75) is 51.6 Å². The Morgan fingerprint density at radius 1 is 1.13 bits per heavy atom. The number of carbonyl (C=O) groups is 1. The summed E-state index contributed by atoms with van der Waals surface area (Å²) in [6, 6.07) is 18.7. The zero-order chi connectivity index (χ0) is 22.3. The molecule has 0 saturated heterocycles. The Hall–Kier alpha value is -2.86. The van der Waals surface area contributed by atoms with Crippen LogP contribution in [0.15, 0.2) is 59.6 Å². The second-order valence-electron chi connectivity index (χ2n) is 8.77. The van der Waals surface area contributed by atoms with E-state index < -0.39 is 0 Å². The van der Waals surface area contributed by atoms with Crippen molar-refractivity contribution in [2.24, 2.45) is 4.99 Å². The van der Waals surface area contributed by atoms with Gasteiger partial charge < -0.3 is 21.3 Å². The van der Waals surface area contributed by atoms with Gasteiger partial charge in [-0.3, -0.25) is 9.79 Å². The molecule has 0 saturated carbocycles. The highest BCUT2D eigenvalue weighted by Crippen LogP contribution is 2.31. The minimum Gasteiger partial charge on any atom is -0.357 e. The minimum atomic E-state index is -0.172. The van der Waals surface area contributed by atoms with Gasteiger partial charge in [0.05, 0.1) is 6.54 Å². The molecule has 0 fully saturated rings. The third-order valence-corrected chi connectivity index (χ3v) is 5.51. The zero-order valence-electron chi connectivity index (χ0n) is 19.0. The fourth-order valence-corrected chi connectivity index (χ4v) is 3.98. The predicted molar refractivity (Wildman–Crippen MR) is 128 cm³/mol. The smallest absolute Gasteiger partial charge is 0.225 e. The largest absolute Gasteiger partial charge is 0.357 e. The van der Waals surface area contributed by atoms with Gasteiger partial charge in [0.25, 0.3) is 0 Å². The molecule has 2 aromatic carbocycles. The van der Waals surface area contributed by atoms with Crippen molar-refractivity contribution >= 4 is 17.6 Å². The molecule has 2 unspecified atom stereocenters. The number of fused-ring (bicyclic) bond motifs is 1. The number of nitrogens with zero attached hydrogens (tertiary/aromatic N) is 1. The van der Waals surface area contributed by atoms with Crippen molar-refractivity contribution in [1.29, 1.82) is 0 Å². The normalized spacial score (nSPS) is 17.5. The molecule has 1 aliphatic heterocycles. The molecule has 0 bridgehead atoms. The van der Waals surface area contributed by atoms with Crippen molar-refractivity contribution < 1.29 is 4.79 Å². The van der Waals surface area contributed by atoms with Gasteiger partial charge in [0, 0.05) is 42.7 Å². The van der Waals surface area contributed by atoms with Gasteiger partial charge in [-0.15, -0.1) is 0 Å². The van der Waals surface area contributed by atoms with Gasteiger partial charge in [-0.2, -0.15) is 0 Å². The Balaban J connectivity index is 1.61. The first-order valence-corrected chi connectivity index (χ1v) is 11.1. The fraction of sp³-hybridized carbons (Fsp3) is 0.440. The molecule has 1 heterocycles. The van der Waals surface area contributed by atoms with Crippen LogP contribution in [0.2, 0.25) is 0 Å². The van der Waals surface area contributed by atoms with Gasteiger partial charge >= 0.3 is 0 Å². The molecule has 31 heavy (non-hydrogen) atoms. The summed E-state index contributed by atoms with van der Waals surface area (Å²) in [6.07, 6.45) is 0.477. The molecule has 0 aliphatic carbocycles. The van der Waals surface area contributed by atoms with Gasteiger partial charge in [-0.25, -0.2) is 0 Å². The standard InChI is InChI=1S/C25H35N5O/c1-5-26-24(27-16-20-15-23(31)29-22-14-10-9-13-21(20)22)28-17-25(3,4)30-18(2)19-11-7-6-8-12-19/h6-14,18,20,30H,5,15-17H2,1-4H3,(H,29,31)(H2,26,27,28). The second-order valence-corrected chi connectivity index (χ2v) is 8.77. The van der Waals surface area contributed by atoms with Crippen LogP contribution in [0, 0.1) is 0 Å². The molecule has 3 rings (SSSR count). The van der Waals surface area contributed by atoms with Crippen LogP contribution in [-0.2, 0) is 4.79 Å². The number of aliphatic imine (C=N–C) groups is 1. The van der Waals surface area contributed by atoms with Crippen LogP contribution in [0.4, 0.5) is 5.69 Å². The number of rotatable bonds is 8. The molecule has 4 N–H and O–H groups in total. The Kier molecular flexibility index (Phi) is 7.69. The summed E-state index contributed by atoms with van der Waals surface area (Å²) in [6.45, 7) is 10.6. The number of para-hydroxylation sites is 1. The van der Waals surface area contributed by atoms with Gasteiger partial charge in [0.1, 0.15) is 0 Å². The van der Waals surface area contributed by atoms with Crippen LogP contribution in [0.1, 0.15) is 57.2 Å². The quantitative estimate of drug-likeness (QED) is 0.386.